The third kappa shape index (κ3) is 2.71. The van der Waals surface area contributed by atoms with Crippen molar-refractivity contribution in [3.8, 4) is 0 Å². The van der Waals surface area contributed by atoms with E-state index in [0.717, 1.165) is 18.4 Å². The van der Waals surface area contributed by atoms with Crippen LogP contribution in [0.2, 0.25) is 0 Å². The van der Waals surface area contributed by atoms with Gasteiger partial charge in [-0.25, -0.2) is 0 Å². The van der Waals surface area contributed by atoms with Crippen molar-refractivity contribution in [1.82, 2.24) is 15.1 Å². The Kier molecular flexibility index (Phi) is 3.87. The molecular formula is C14H25N3. The zero-order chi connectivity index (χ0) is 12.4. The van der Waals surface area contributed by atoms with Gasteiger partial charge in [-0.05, 0) is 25.2 Å². The predicted octanol–water partition coefficient (Wildman–Crippen LogP) is 2.64. The molecule has 0 amide bonds. The lowest BCUT2D eigenvalue weighted by Crippen LogP contribution is -2.40. The van der Waals surface area contributed by atoms with Crippen LogP contribution >= 0.6 is 0 Å². The Morgan fingerprint density at radius 3 is 2.82 bits per heavy atom. The maximum absolute atomic E-state index is 4.29. The summed E-state index contributed by atoms with van der Waals surface area (Å²) in [6.45, 7) is 7.86. The van der Waals surface area contributed by atoms with Crippen LogP contribution in [-0.2, 0) is 13.6 Å². The molecule has 3 unspecified atom stereocenters. The van der Waals surface area contributed by atoms with E-state index in [1.54, 1.807) is 0 Å². The number of rotatable bonds is 3. The van der Waals surface area contributed by atoms with E-state index >= 15 is 0 Å². The molecule has 3 nitrogen and oxygen atoms in total. The molecular weight excluding hydrogens is 210 g/mol. The second-order valence-electron chi connectivity index (χ2n) is 5.63. The standard InChI is InChI=1S/C14H25N3/c1-10-6-5-7-14(11(10)2)15-8-13-9-16-17(4)12(13)3/h9-11,14-15H,5-8H2,1-4H3. The highest BCUT2D eigenvalue weighted by Crippen LogP contribution is 2.29. The molecule has 1 aliphatic carbocycles. The lowest BCUT2D eigenvalue weighted by atomic mass is 9.78. The van der Waals surface area contributed by atoms with E-state index in [1.165, 1.54) is 30.5 Å². The Bertz CT molecular complexity index is 370. The summed E-state index contributed by atoms with van der Waals surface area (Å²) in [5.74, 6) is 1.65. The van der Waals surface area contributed by atoms with Gasteiger partial charge in [-0.2, -0.15) is 5.10 Å². The zero-order valence-corrected chi connectivity index (χ0v) is 11.5. The molecule has 0 saturated heterocycles. The summed E-state index contributed by atoms with van der Waals surface area (Å²) in [6, 6.07) is 0.679. The number of nitrogens with one attached hydrogen (secondary N) is 1. The van der Waals surface area contributed by atoms with Gasteiger partial charge >= 0.3 is 0 Å². The number of hydrogen-bond donors (Lipinski definition) is 1. The molecule has 0 bridgehead atoms. The first-order valence-corrected chi connectivity index (χ1v) is 6.80. The molecule has 96 valence electrons. The number of hydrogen-bond acceptors (Lipinski definition) is 2. The highest BCUT2D eigenvalue weighted by molar-refractivity contribution is 5.15. The second-order valence-corrected chi connectivity index (χ2v) is 5.63. The quantitative estimate of drug-likeness (QED) is 0.873. The fraction of sp³-hybridized carbons (Fsp3) is 0.786. The van der Waals surface area contributed by atoms with Gasteiger partial charge in [-0.3, -0.25) is 4.68 Å². The van der Waals surface area contributed by atoms with Crippen LogP contribution < -0.4 is 5.32 Å². The van der Waals surface area contributed by atoms with Crippen molar-refractivity contribution < 1.29 is 0 Å². The van der Waals surface area contributed by atoms with Crippen LogP contribution in [0.4, 0.5) is 0 Å². The van der Waals surface area contributed by atoms with Gasteiger partial charge in [0.25, 0.3) is 0 Å². The number of aromatic nitrogens is 2. The van der Waals surface area contributed by atoms with Crippen LogP contribution in [0.1, 0.15) is 44.4 Å². The lowest BCUT2D eigenvalue weighted by Gasteiger charge is -2.34. The molecule has 0 aromatic carbocycles. The molecule has 1 heterocycles. The molecule has 0 aliphatic heterocycles. The molecule has 1 aromatic heterocycles. The Labute approximate surface area is 105 Å². The molecule has 2 rings (SSSR count). The Morgan fingerprint density at radius 2 is 2.18 bits per heavy atom. The van der Waals surface area contributed by atoms with Crippen molar-refractivity contribution in [2.45, 2.75) is 52.6 Å². The Hall–Kier alpha value is -0.830. The molecule has 3 heteroatoms. The first-order chi connectivity index (χ1) is 8.09. The fourth-order valence-corrected chi connectivity index (χ4v) is 2.83. The lowest BCUT2D eigenvalue weighted by molar-refractivity contribution is 0.206. The minimum Gasteiger partial charge on any atom is -0.310 e. The van der Waals surface area contributed by atoms with Gasteiger partial charge in [0.1, 0.15) is 0 Å². The minimum absolute atomic E-state index is 0.679. The normalized spacial score (nSPS) is 29.5. The summed E-state index contributed by atoms with van der Waals surface area (Å²) < 4.78 is 1.95. The first kappa shape index (κ1) is 12.6. The van der Waals surface area contributed by atoms with Crippen LogP contribution in [0.5, 0.6) is 0 Å². The van der Waals surface area contributed by atoms with E-state index < -0.39 is 0 Å². The van der Waals surface area contributed by atoms with Crippen LogP contribution in [0.25, 0.3) is 0 Å². The van der Waals surface area contributed by atoms with Gasteiger partial charge in [0, 0.05) is 30.9 Å². The van der Waals surface area contributed by atoms with Gasteiger partial charge in [0.2, 0.25) is 0 Å². The molecule has 1 N–H and O–H groups in total. The van der Waals surface area contributed by atoms with Crippen LogP contribution in [0, 0.1) is 18.8 Å². The summed E-state index contributed by atoms with van der Waals surface area (Å²) in [4.78, 5) is 0. The van der Waals surface area contributed by atoms with Gasteiger partial charge in [0.05, 0.1) is 6.20 Å². The highest BCUT2D eigenvalue weighted by Gasteiger charge is 2.26. The van der Waals surface area contributed by atoms with Crippen LogP contribution in [-0.4, -0.2) is 15.8 Å². The van der Waals surface area contributed by atoms with Gasteiger partial charge < -0.3 is 5.32 Å². The Balaban J connectivity index is 1.91. The van der Waals surface area contributed by atoms with E-state index in [-0.39, 0.29) is 0 Å². The predicted molar refractivity (Wildman–Crippen MR) is 70.8 cm³/mol. The highest BCUT2D eigenvalue weighted by atomic mass is 15.3. The van der Waals surface area contributed by atoms with Crippen molar-refractivity contribution >= 4 is 0 Å². The largest absolute Gasteiger partial charge is 0.310 e. The molecule has 1 fully saturated rings. The molecule has 0 radical (unpaired) electrons. The zero-order valence-electron chi connectivity index (χ0n) is 11.5. The third-order valence-electron chi connectivity index (χ3n) is 4.60. The smallest absolute Gasteiger partial charge is 0.0537 e. The van der Waals surface area contributed by atoms with Crippen molar-refractivity contribution in [1.29, 1.82) is 0 Å². The van der Waals surface area contributed by atoms with Gasteiger partial charge in [0.15, 0.2) is 0 Å². The molecule has 0 spiro atoms. The van der Waals surface area contributed by atoms with E-state index in [9.17, 15) is 0 Å². The summed E-state index contributed by atoms with van der Waals surface area (Å²) in [6.07, 6.45) is 6.07. The fourth-order valence-electron chi connectivity index (χ4n) is 2.83. The maximum atomic E-state index is 4.29. The monoisotopic (exact) mass is 235 g/mol. The number of aryl methyl sites for hydroxylation is 1. The first-order valence-electron chi connectivity index (χ1n) is 6.80. The topological polar surface area (TPSA) is 29.9 Å². The second kappa shape index (κ2) is 5.21. The van der Waals surface area contributed by atoms with Crippen LogP contribution in [0.15, 0.2) is 6.20 Å². The average Bonchev–Trinajstić information content (AvgIpc) is 2.62. The minimum atomic E-state index is 0.679. The summed E-state index contributed by atoms with van der Waals surface area (Å²) in [5, 5.41) is 8.01. The van der Waals surface area contributed by atoms with Crippen molar-refractivity contribution in [3.63, 3.8) is 0 Å². The Morgan fingerprint density at radius 1 is 1.41 bits per heavy atom. The van der Waals surface area contributed by atoms with Crippen molar-refractivity contribution in [2.24, 2.45) is 18.9 Å². The number of nitrogens with zero attached hydrogens (tertiary/aromatic N) is 2. The summed E-state index contributed by atoms with van der Waals surface area (Å²) in [7, 11) is 2.00. The van der Waals surface area contributed by atoms with E-state index in [2.05, 4.69) is 31.2 Å². The van der Waals surface area contributed by atoms with E-state index in [0.29, 0.717) is 6.04 Å². The molecule has 1 aromatic rings. The van der Waals surface area contributed by atoms with Crippen molar-refractivity contribution in [3.05, 3.63) is 17.5 Å². The third-order valence-corrected chi connectivity index (χ3v) is 4.60. The van der Waals surface area contributed by atoms with E-state index in [1.807, 2.05) is 17.9 Å². The van der Waals surface area contributed by atoms with Crippen LogP contribution in [0.3, 0.4) is 0 Å². The SMILES string of the molecule is Cc1c(CNC2CCCC(C)C2C)cnn1C. The molecule has 1 saturated carbocycles. The summed E-state index contributed by atoms with van der Waals surface area (Å²) >= 11 is 0. The van der Waals surface area contributed by atoms with Gasteiger partial charge in [-0.15, -0.1) is 0 Å². The summed E-state index contributed by atoms with van der Waals surface area (Å²) in [5.41, 5.74) is 2.60. The molecule has 17 heavy (non-hydrogen) atoms. The maximum Gasteiger partial charge on any atom is 0.0537 e. The molecule has 3 atom stereocenters. The van der Waals surface area contributed by atoms with Gasteiger partial charge in [-0.1, -0.05) is 26.7 Å². The van der Waals surface area contributed by atoms with Crippen molar-refractivity contribution in [2.75, 3.05) is 0 Å². The average molecular weight is 235 g/mol. The molecule has 1 aliphatic rings. The van der Waals surface area contributed by atoms with E-state index in [4.69, 9.17) is 0 Å².